The van der Waals surface area contributed by atoms with Gasteiger partial charge in [-0.25, -0.2) is 4.79 Å². The van der Waals surface area contributed by atoms with Crippen LogP contribution in [0, 0.1) is 6.92 Å². The van der Waals surface area contributed by atoms with Crippen molar-refractivity contribution < 1.29 is 14.6 Å². The van der Waals surface area contributed by atoms with Crippen LogP contribution in [0.15, 0.2) is 18.2 Å². The number of ether oxygens (including phenoxy) is 1. The number of rotatable bonds is 2. The van der Waals surface area contributed by atoms with Gasteiger partial charge in [-0.3, -0.25) is 0 Å². The summed E-state index contributed by atoms with van der Waals surface area (Å²) < 4.78 is 5.15. The Morgan fingerprint density at radius 2 is 2.29 bits per heavy atom. The maximum absolute atomic E-state index is 11.4. The summed E-state index contributed by atoms with van der Waals surface area (Å²) in [5, 5.41) is 8.84. The summed E-state index contributed by atoms with van der Waals surface area (Å²) in [6.45, 7) is 1.98. The number of benzene rings is 1. The van der Waals surface area contributed by atoms with Crippen molar-refractivity contribution in [1.29, 1.82) is 0 Å². The molecule has 0 saturated heterocycles. The van der Waals surface area contributed by atoms with Crippen LogP contribution in [0.3, 0.4) is 0 Å². The molecule has 0 aromatic heterocycles. The zero-order valence-corrected chi connectivity index (χ0v) is 7.99. The molecule has 0 radical (unpaired) electrons. The van der Waals surface area contributed by atoms with Crippen LogP contribution in [0.4, 0.5) is 0 Å². The standard InChI is InChI=1S/C11H12O3/c1-7-3-2-4-8-10(7)9(5-6-12)14-11(8)13/h2-4,9,12H,5-6H2,1H3. The van der Waals surface area contributed by atoms with Crippen LogP contribution < -0.4 is 0 Å². The first-order chi connectivity index (χ1) is 6.74. The van der Waals surface area contributed by atoms with E-state index in [1.165, 1.54) is 0 Å². The number of aliphatic hydroxyl groups is 1. The molecular weight excluding hydrogens is 180 g/mol. The molecule has 1 N–H and O–H groups in total. The van der Waals surface area contributed by atoms with Crippen LogP contribution >= 0.6 is 0 Å². The minimum atomic E-state index is -0.276. The second kappa shape index (κ2) is 3.42. The van der Waals surface area contributed by atoms with E-state index >= 15 is 0 Å². The Hall–Kier alpha value is -1.35. The van der Waals surface area contributed by atoms with E-state index in [0.29, 0.717) is 12.0 Å². The van der Waals surface area contributed by atoms with Gasteiger partial charge in [0.1, 0.15) is 6.10 Å². The number of hydrogen-bond acceptors (Lipinski definition) is 3. The Kier molecular flexibility index (Phi) is 2.25. The summed E-state index contributed by atoms with van der Waals surface area (Å²) >= 11 is 0. The molecule has 0 bridgehead atoms. The first-order valence-electron chi connectivity index (χ1n) is 4.65. The molecule has 1 atom stereocenters. The van der Waals surface area contributed by atoms with Gasteiger partial charge in [-0.05, 0) is 18.6 Å². The largest absolute Gasteiger partial charge is 0.454 e. The molecule has 3 heteroatoms. The number of aryl methyl sites for hydroxylation is 1. The summed E-state index contributed by atoms with van der Waals surface area (Å²) in [7, 11) is 0. The predicted octanol–water partition coefficient (Wildman–Crippen LogP) is 1.59. The van der Waals surface area contributed by atoms with E-state index in [1.54, 1.807) is 6.07 Å². The zero-order valence-electron chi connectivity index (χ0n) is 7.99. The number of hydrogen-bond donors (Lipinski definition) is 1. The highest BCUT2D eigenvalue weighted by Gasteiger charge is 2.31. The van der Waals surface area contributed by atoms with Crippen molar-refractivity contribution in [3.05, 3.63) is 34.9 Å². The Labute approximate surface area is 82.3 Å². The van der Waals surface area contributed by atoms with Crippen molar-refractivity contribution >= 4 is 5.97 Å². The van der Waals surface area contributed by atoms with Gasteiger partial charge in [-0.15, -0.1) is 0 Å². The minimum absolute atomic E-state index is 0.0335. The van der Waals surface area contributed by atoms with E-state index in [0.717, 1.165) is 11.1 Å². The summed E-state index contributed by atoms with van der Waals surface area (Å²) in [4.78, 5) is 11.4. The lowest BCUT2D eigenvalue weighted by molar-refractivity contribution is 0.0331. The molecule has 0 saturated carbocycles. The second-order valence-electron chi connectivity index (χ2n) is 3.44. The highest BCUT2D eigenvalue weighted by molar-refractivity contribution is 5.94. The molecule has 0 aliphatic carbocycles. The average molecular weight is 192 g/mol. The van der Waals surface area contributed by atoms with Crippen LogP contribution in [0.2, 0.25) is 0 Å². The molecule has 0 fully saturated rings. The van der Waals surface area contributed by atoms with Gasteiger partial charge in [0.15, 0.2) is 0 Å². The molecule has 14 heavy (non-hydrogen) atoms. The van der Waals surface area contributed by atoms with E-state index < -0.39 is 0 Å². The molecule has 1 aliphatic heterocycles. The molecule has 1 aliphatic rings. The van der Waals surface area contributed by atoms with Crippen molar-refractivity contribution in [1.82, 2.24) is 0 Å². The Balaban J connectivity index is 2.45. The highest BCUT2D eigenvalue weighted by Crippen LogP contribution is 2.34. The highest BCUT2D eigenvalue weighted by atomic mass is 16.5. The number of carbonyl (C=O) groups is 1. The summed E-state index contributed by atoms with van der Waals surface area (Å²) in [5.74, 6) is -0.276. The molecular formula is C11H12O3. The van der Waals surface area contributed by atoms with Gasteiger partial charge >= 0.3 is 5.97 Å². The minimum Gasteiger partial charge on any atom is -0.454 e. The first kappa shape index (κ1) is 9.21. The van der Waals surface area contributed by atoms with Crippen molar-refractivity contribution in [2.24, 2.45) is 0 Å². The van der Waals surface area contributed by atoms with E-state index in [4.69, 9.17) is 9.84 Å². The molecule has 2 rings (SSSR count). The first-order valence-corrected chi connectivity index (χ1v) is 4.65. The van der Waals surface area contributed by atoms with Crippen LogP contribution in [0.1, 0.15) is 34.0 Å². The fraction of sp³-hybridized carbons (Fsp3) is 0.364. The lowest BCUT2D eigenvalue weighted by Crippen LogP contribution is -2.01. The van der Waals surface area contributed by atoms with Crippen LogP contribution in [0.25, 0.3) is 0 Å². The van der Waals surface area contributed by atoms with Crippen molar-refractivity contribution in [2.75, 3.05) is 6.61 Å². The normalized spacial score (nSPS) is 19.3. The topological polar surface area (TPSA) is 46.5 Å². The second-order valence-corrected chi connectivity index (χ2v) is 3.44. The molecule has 0 amide bonds. The number of esters is 1. The fourth-order valence-electron chi connectivity index (χ4n) is 1.86. The van der Waals surface area contributed by atoms with E-state index in [1.807, 2.05) is 19.1 Å². The van der Waals surface area contributed by atoms with E-state index in [-0.39, 0.29) is 18.7 Å². The van der Waals surface area contributed by atoms with Gasteiger partial charge in [0.2, 0.25) is 0 Å². The lowest BCUT2D eigenvalue weighted by atomic mass is 9.98. The molecule has 1 unspecified atom stereocenters. The predicted molar refractivity (Wildman–Crippen MR) is 51.0 cm³/mol. The smallest absolute Gasteiger partial charge is 0.339 e. The maximum atomic E-state index is 11.4. The summed E-state index contributed by atoms with van der Waals surface area (Å²) in [5.41, 5.74) is 2.63. The van der Waals surface area contributed by atoms with Crippen molar-refractivity contribution in [3.8, 4) is 0 Å². The molecule has 1 aromatic rings. The van der Waals surface area contributed by atoms with Gasteiger partial charge in [0.05, 0.1) is 5.56 Å². The molecule has 0 spiro atoms. The van der Waals surface area contributed by atoms with Crippen molar-refractivity contribution in [2.45, 2.75) is 19.4 Å². The third-order valence-electron chi connectivity index (χ3n) is 2.51. The number of cyclic esters (lactones) is 1. The van der Waals surface area contributed by atoms with Crippen LogP contribution in [0.5, 0.6) is 0 Å². The van der Waals surface area contributed by atoms with Gasteiger partial charge < -0.3 is 9.84 Å². The average Bonchev–Trinajstić information content (AvgIpc) is 2.46. The third-order valence-corrected chi connectivity index (χ3v) is 2.51. The van der Waals surface area contributed by atoms with Gasteiger partial charge in [0, 0.05) is 18.6 Å². The monoisotopic (exact) mass is 192 g/mol. The van der Waals surface area contributed by atoms with Crippen LogP contribution in [-0.2, 0) is 4.74 Å². The Morgan fingerprint density at radius 3 is 3.00 bits per heavy atom. The number of aliphatic hydroxyl groups excluding tert-OH is 1. The number of fused-ring (bicyclic) bond motifs is 1. The quantitative estimate of drug-likeness (QED) is 0.724. The zero-order chi connectivity index (χ0) is 10.1. The third kappa shape index (κ3) is 1.30. The molecule has 1 aromatic carbocycles. The van der Waals surface area contributed by atoms with E-state index in [2.05, 4.69) is 0 Å². The fourth-order valence-corrected chi connectivity index (χ4v) is 1.86. The van der Waals surface area contributed by atoms with Gasteiger partial charge in [0.25, 0.3) is 0 Å². The molecule has 1 heterocycles. The summed E-state index contributed by atoms with van der Waals surface area (Å²) in [6, 6.07) is 5.56. The summed E-state index contributed by atoms with van der Waals surface area (Å²) in [6.07, 6.45) is 0.215. The van der Waals surface area contributed by atoms with Crippen LogP contribution in [-0.4, -0.2) is 17.7 Å². The Morgan fingerprint density at radius 1 is 1.50 bits per heavy atom. The number of carbonyl (C=O) groups excluding carboxylic acids is 1. The SMILES string of the molecule is Cc1cccc2c1C(CCO)OC2=O. The Bertz CT molecular complexity index is 371. The van der Waals surface area contributed by atoms with E-state index in [9.17, 15) is 4.79 Å². The van der Waals surface area contributed by atoms with Gasteiger partial charge in [-0.1, -0.05) is 12.1 Å². The lowest BCUT2D eigenvalue weighted by Gasteiger charge is -2.10. The molecule has 3 nitrogen and oxygen atoms in total. The molecule has 74 valence electrons. The van der Waals surface area contributed by atoms with Crippen molar-refractivity contribution in [3.63, 3.8) is 0 Å². The van der Waals surface area contributed by atoms with Gasteiger partial charge in [-0.2, -0.15) is 0 Å². The maximum Gasteiger partial charge on any atom is 0.339 e.